The second-order valence-corrected chi connectivity index (χ2v) is 7.12. The normalized spacial score (nSPS) is 19.2. The number of carbonyl (C=O) groups excluding carboxylic acids is 1. The average molecular weight is 391 g/mol. The van der Waals surface area contributed by atoms with Crippen LogP contribution in [0.25, 0.3) is 0 Å². The summed E-state index contributed by atoms with van der Waals surface area (Å²) in [4.78, 5) is 15.0. The molecule has 2 aliphatic rings. The molecule has 2 aromatic rings. The van der Waals surface area contributed by atoms with Crippen LogP contribution in [0.3, 0.4) is 0 Å². The van der Waals surface area contributed by atoms with E-state index in [0.29, 0.717) is 25.3 Å². The number of benzene rings is 2. The van der Waals surface area contributed by atoms with Crippen molar-refractivity contribution in [1.29, 1.82) is 0 Å². The Morgan fingerprint density at radius 3 is 2.25 bits per heavy atom. The van der Waals surface area contributed by atoms with E-state index in [1.807, 2.05) is 12.1 Å². The number of hydrogen-bond donors (Lipinski definition) is 0. The molecule has 2 heterocycles. The van der Waals surface area contributed by atoms with E-state index in [1.165, 1.54) is 0 Å². The van der Waals surface area contributed by atoms with Crippen LogP contribution in [0.1, 0.15) is 34.3 Å². The van der Waals surface area contributed by atoms with E-state index >= 15 is 0 Å². The monoisotopic (exact) mass is 391 g/mol. The van der Waals surface area contributed by atoms with Crippen LogP contribution >= 0.6 is 0 Å². The van der Waals surface area contributed by atoms with E-state index in [9.17, 15) is 18.0 Å². The van der Waals surface area contributed by atoms with Gasteiger partial charge in [0.1, 0.15) is 0 Å². The van der Waals surface area contributed by atoms with Crippen molar-refractivity contribution in [2.75, 3.05) is 26.3 Å². The van der Waals surface area contributed by atoms with E-state index in [4.69, 9.17) is 9.47 Å². The fourth-order valence-corrected chi connectivity index (χ4v) is 3.80. The minimum Gasteiger partial charge on any atom is -0.347 e. The third kappa shape index (κ3) is 3.70. The summed E-state index contributed by atoms with van der Waals surface area (Å²) >= 11 is 0. The SMILES string of the molecule is O=C(c1cc(F)c(F)c(F)c1)c1ccccc1CN1CCC2(CC1)OCCO2. The summed E-state index contributed by atoms with van der Waals surface area (Å²) < 4.78 is 51.7. The summed E-state index contributed by atoms with van der Waals surface area (Å²) in [5.41, 5.74) is 0.887. The molecule has 0 aliphatic carbocycles. The molecular formula is C21H20F3NO3. The Labute approximate surface area is 160 Å². The first kappa shape index (κ1) is 19.1. The highest BCUT2D eigenvalue weighted by Crippen LogP contribution is 2.32. The largest absolute Gasteiger partial charge is 0.347 e. The van der Waals surface area contributed by atoms with Crippen molar-refractivity contribution in [3.8, 4) is 0 Å². The van der Waals surface area contributed by atoms with Gasteiger partial charge in [-0.2, -0.15) is 0 Å². The Hall–Kier alpha value is -2.22. The molecule has 0 unspecified atom stereocenters. The topological polar surface area (TPSA) is 38.8 Å². The molecule has 148 valence electrons. The number of ketones is 1. The summed E-state index contributed by atoms with van der Waals surface area (Å²) in [6.07, 6.45) is 1.50. The zero-order valence-electron chi connectivity index (χ0n) is 15.2. The van der Waals surface area contributed by atoms with Gasteiger partial charge in [-0.15, -0.1) is 0 Å². The summed E-state index contributed by atoms with van der Waals surface area (Å²) in [6.45, 7) is 3.25. The molecule has 2 saturated heterocycles. The summed E-state index contributed by atoms with van der Waals surface area (Å²) in [6, 6.07) is 8.40. The predicted octanol–water partition coefficient (Wildman–Crippen LogP) is 3.67. The second kappa shape index (κ2) is 7.66. The van der Waals surface area contributed by atoms with Crippen LogP contribution in [0.15, 0.2) is 36.4 Å². The Bertz CT molecular complexity index is 863. The first-order chi connectivity index (χ1) is 13.5. The van der Waals surface area contributed by atoms with Crippen molar-refractivity contribution in [1.82, 2.24) is 4.90 Å². The molecule has 4 nitrogen and oxygen atoms in total. The smallest absolute Gasteiger partial charge is 0.194 e. The highest BCUT2D eigenvalue weighted by molar-refractivity contribution is 6.09. The minimum absolute atomic E-state index is 0.214. The number of hydrogen-bond acceptors (Lipinski definition) is 4. The third-order valence-corrected chi connectivity index (χ3v) is 5.33. The second-order valence-electron chi connectivity index (χ2n) is 7.12. The van der Waals surface area contributed by atoms with Crippen molar-refractivity contribution in [2.24, 2.45) is 0 Å². The predicted molar refractivity (Wildman–Crippen MR) is 95.3 cm³/mol. The number of nitrogens with zero attached hydrogens (tertiary/aromatic N) is 1. The van der Waals surface area contributed by atoms with Gasteiger partial charge in [-0.1, -0.05) is 24.3 Å². The number of carbonyl (C=O) groups is 1. The van der Waals surface area contributed by atoms with Gasteiger partial charge >= 0.3 is 0 Å². The quantitative estimate of drug-likeness (QED) is 0.589. The Morgan fingerprint density at radius 1 is 1.00 bits per heavy atom. The van der Waals surface area contributed by atoms with Gasteiger partial charge in [0, 0.05) is 43.6 Å². The highest BCUT2D eigenvalue weighted by atomic mass is 19.2. The van der Waals surface area contributed by atoms with Crippen LogP contribution < -0.4 is 0 Å². The van der Waals surface area contributed by atoms with Gasteiger partial charge in [-0.25, -0.2) is 13.2 Å². The lowest BCUT2D eigenvalue weighted by Gasteiger charge is -2.37. The van der Waals surface area contributed by atoms with Crippen molar-refractivity contribution < 1.29 is 27.4 Å². The average Bonchev–Trinajstić information content (AvgIpc) is 3.16. The molecule has 0 amide bonds. The maximum absolute atomic E-state index is 13.5. The molecule has 28 heavy (non-hydrogen) atoms. The summed E-state index contributed by atoms with van der Waals surface area (Å²) in [7, 11) is 0. The third-order valence-electron chi connectivity index (χ3n) is 5.33. The molecule has 0 N–H and O–H groups in total. The Balaban J connectivity index is 1.52. The maximum Gasteiger partial charge on any atom is 0.194 e. The van der Waals surface area contributed by atoms with Crippen LogP contribution in [-0.4, -0.2) is 42.8 Å². The highest BCUT2D eigenvalue weighted by Gasteiger charge is 2.39. The van der Waals surface area contributed by atoms with Crippen LogP contribution in [0.4, 0.5) is 13.2 Å². The van der Waals surface area contributed by atoms with Crippen molar-refractivity contribution in [2.45, 2.75) is 25.2 Å². The molecule has 4 rings (SSSR count). The molecule has 0 aromatic heterocycles. The molecule has 1 spiro atoms. The fraction of sp³-hybridized carbons (Fsp3) is 0.381. The lowest BCUT2D eigenvalue weighted by atomic mass is 9.96. The zero-order chi connectivity index (χ0) is 19.7. The number of rotatable bonds is 4. The number of piperidine rings is 1. The lowest BCUT2D eigenvalue weighted by Crippen LogP contribution is -2.44. The van der Waals surface area contributed by atoms with Crippen LogP contribution in [0.2, 0.25) is 0 Å². The standard InChI is InChI=1S/C21H20F3NO3/c22-17-11-15(12-18(23)19(17)24)20(26)16-4-2-1-3-14(16)13-25-7-5-21(6-8-25)27-9-10-28-21/h1-4,11-12H,5-10,13H2. The first-order valence-electron chi connectivity index (χ1n) is 9.25. The van der Waals surface area contributed by atoms with Gasteiger partial charge in [0.25, 0.3) is 0 Å². The van der Waals surface area contributed by atoms with Crippen molar-refractivity contribution in [3.63, 3.8) is 0 Å². The van der Waals surface area contributed by atoms with Crippen molar-refractivity contribution >= 4 is 5.78 Å². The van der Waals surface area contributed by atoms with Crippen LogP contribution in [-0.2, 0) is 16.0 Å². The number of ether oxygens (including phenoxy) is 2. The molecule has 2 aliphatic heterocycles. The lowest BCUT2D eigenvalue weighted by molar-refractivity contribution is -0.185. The van der Waals surface area contributed by atoms with E-state index in [1.54, 1.807) is 12.1 Å². The molecule has 2 fully saturated rings. The van der Waals surface area contributed by atoms with Gasteiger partial charge in [0.05, 0.1) is 13.2 Å². The summed E-state index contributed by atoms with van der Waals surface area (Å²) in [5.74, 6) is -5.35. The Morgan fingerprint density at radius 2 is 1.61 bits per heavy atom. The van der Waals surface area contributed by atoms with Crippen molar-refractivity contribution in [3.05, 3.63) is 70.5 Å². The van der Waals surface area contributed by atoms with Gasteiger partial charge in [-0.05, 0) is 17.7 Å². The molecule has 7 heteroatoms. The fourth-order valence-electron chi connectivity index (χ4n) is 3.80. The zero-order valence-corrected chi connectivity index (χ0v) is 15.2. The van der Waals surface area contributed by atoms with E-state index in [-0.39, 0.29) is 5.56 Å². The van der Waals surface area contributed by atoms with E-state index in [0.717, 1.165) is 43.6 Å². The molecule has 0 atom stereocenters. The summed E-state index contributed by atoms with van der Waals surface area (Å²) in [5, 5.41) is 0. The van der Waals surface area contributed by atoms with Gasteiger partial charge in [-0.3, -0.25) is 9.69 Å². The minimum atomic E-state index is -1.58. The molecule has 0 bridgehead atoms. The van der Waals surface area contributed by atoms with Gasteiger partial charge in [0.2, 0.25) is 0 Å². The number of likely N-dealkylation sites (tertiary alicyclic amines) is 1. The molecule has 2 aromatic carbocycles. The van der Waals surface area contributed by atoms with Gasteiger partial charge in [0.15, 0.2) is 29.0 Å². The van der Waals surface area contributed by atoms with Crippen LogP contribution in [0.5, 0.6) is 0 Å². The maximum atomic E-state index is 13.5. The Kier molecular flexibility index (Phi) is 5.23. The molecule has 0 saturated carbocycles. The number of halogens is 3. The first-order valence-corrected chi connectivity index (χ1v) is 9.25. The van der Waals surface area contributed by atoms with E-state index < -0.39 is 29.0 Å². The van der Waals surface area contributed by atoms with Crippen LogP contribution in [0, 0.1) is 17.5 Å². The molecular weight excluding hydrogens is 371 g/mol. The van der Waals surface area contributed by atoms with Gasteiger partial charge < -0.3 is 9.47 Å². The molecule has 0 radical (unpaired) electrons. The van der Waals surface area contributed by atoms with E-state index in [2.05, 4.69) is 4.90 Å².